The summed E-state index contributed by atoms with van der Waals surface area (Å²) in [6, 6.07) is 8.44. The Kier molecular flexibility index (Phi) is 8.26. The van der Waals surface area contributed by atoms with Gasteiger partial charge in [0.1, 0.15) is 0 Å². The van der Waals surface area contributed by atoms with E-state index in [1.165, 1.54) is 12.1 Å². The third-order valence-corrected chi connectivity index (χ3v) is 7.07. The largest absolute Gasteiger partial charge is 0.346 e. The Bertz CT molecular complexity index is 958. The Morgan fingerprint density at radius 2 is 1.70 bits per heavy atom. The smallest absolute Gasteiger partial charge is 0.266 e. The maximum absolute atomic E-state index is 12.8. The average Bonchev–Trinajstić information content (AvgIpc) is 2.99. The van der Waals surface area contributed by atoms with Gasteiger partial charge in [0, 0.05) is 17.4 Å². The van der Waals surface area contributed by atoms with Crippen molar-refractivity contribution in [1.29, 1.82) is 0 Å². The summed E-state index contributed by atoms with van der Waals surface area (Å²) in [6.07, 6.45) is 2.07. The zero-order valence-corrected chi connectivity index (χ0v) is 19.8. The second-order valence-electron chi connectivity index (χ2n) is 7.92. The lowest BCUT2D eigenvalue weighted by atomic mass is 10.1. The molecule has 2 aromatic rings. The summed E-state index contributed by atoms with van der Waals surface area (Å²) in [5, 5.41) is 0. The van der Waals surface area contributed by atoms with Gasteiger partial charge in [-0.3, -0.25) is 4.79 Å². The summed E-state index contributed by atoms with van der Waals surface area (Å²) in [4.78, 5) is 15.3. The molecule has 1 heterocycles. The fraction of sp³-hybridized carbons (Fsp3) is 0.522. The van der Waals surface area contributed by atoms with Gasteiger partial charge in [-0.1, -0.05) is 31.5 Å². The van der Waals surface area contributed by atoms with Gasteiger partial charge in [0.25, 0.3) is 15.9 Å². The number of hydrogen-bond acceptors (Lipinski definition) is 4. The highest BCUT2D eigenvalue weighted by atomic mass is 32.2. The van der Waals surface area contributed by atoms with Crippen molar-refractivity contribution in [2.75, 3.05) is 19.6 Å². The van der Waals surface area contributed by atoms with Gasteiger partial charge in [-0.05, 0) is 78.4 Å². The normalized spacial score (nSPS) is 12.9. The van der Waals surface area contributed by atoms with Crippen LogP contribution in [0, 0.1) is 20.8 Å². The Labute approximate surface area is 181 Å². The highest BCUT2D eigenvalue weighted by molar-refractivity contribution is 7.90. The quantitative estimate of drug-likeness (QED) is 0.609. The van der Waals surface area contributed by atoms with Crippen LogP contribution in [-0.2, 0) is 10.0 Å². The molecule has 0 saturated carbocycles. The average molecular weight is 434 g/mol. The molecule has 0 saturated heterocycles. The first-order valence-electron chi connectivity index (χ1n) is 10.6. The summed E-state index contributed by atoms with van der Waals surface area (Å²) in [6.45, 7) is 15.4. The second kappa shape index (κ2) is 10.3. The van der Waals surface area contributed by atoms with E-state index >= 15 is 0 Å². The monoisotopic (exact) mass is 433 g/mol. The second-order valence-corrected chi connectivity index (χ2v) is 9.60. The van der Waals surface area contributed by atoms with Gasteiger partial charge in [0.05, 0.1) is 10.5 Å². The molecule has 6 nitrogen and oxygen atoms in total. The summed E-state index contributed by atoms with van der Waals surface area (Å²) >= 11 is 0. The molecule has 1 aromatic carbocycles. The minimum absolute atomic E-state index is 0.0834. The zero-order valence-electron chi connectivity index (χ0n) is 19.0. The first-order chi connectivity index (χ1) is 14.1. The maximum Gasteiger partial charge on any atom is 0.266 e. The van der Waals surface area contributed by atoms with Crippen molar-refractivity contribution in [2.24, 2.45) is 0 Å². The summed E-state index contributed by atoms with van der Waals surface area (Å²) in [5.41, 5.74) is 3.11. The van der Waals surface area contributed by atoms with Gasteiger partial charge >= 0.3 is 0 Å². The fourth-order valence-corrected chi connectivity index (χ4v) is 4.88. The van der Waals surface area contributed by atoms with Crippen LogP contribution in [0.25, 0.3) is 0 Å². The number of nitrogens with one attached hydrogen (secondary N) is 1. The van der Waals surface area contributed by atoms with E-state index in [0.29, 0.717) is 5.56 Å². The van der Waals surface area contributed by atoms with Crippen molar-refractivity contribution in [1.82, 2.24) is 14.2 Å². The van der Waals surface area contributed by atoms with Gasteiger partial charge in [0.2, 0.25) is 0 Å². The molecule has 0 spiro atoms. The van der Waals surface area contributed by atoms with E-state index < -0.39 is 15.9 Å². The number of benzene rings is 1. The predicted molar refractivity (Wildman–Crippen MR) is 121 cm³/mol. The van der Waals surface area contributed by atoms with Crippen molar-refractivity contribution in [3.05, 3.63) is 52.8 Å². The standard InChI is InChI=1S/C23H35N3O3S/c1-7-25(8-2)15-9-10-18(4)26-19(5)16-22(20(26)6)23(27)24-30(28,29)21-13-11-17(3)12-14-21/h11-14,16,18H,7-10,15H2,1-6H3,(H,24,27)/t18-/m0/s1. The molecule has 1 N–H and O–H groups in total. The lowest BCUT2D eigenvalue weighted by molar-refractivity contribution is 0.0980. The minimum atomic E-state index is -3.91. The number of aromatic nitrogens is 1. The zero-order chi connectivity index (χ0) is 22.5. The molecule has 0 aliphatic rings. The highest BCUT2D eigenvalue weighted by Crippen LogP contribution is 2.24. The first-order valence-corrected chi connectivity index (χ1v) is 12.1. The fourth-order valence-electron chi connectivity index (χ4n) is 3.92. The Morgan fingerprint density at radius 1 is 1.10 bits per heavy atom. The molecule has 0 fully saturated rings. The molecular weight excluding hydrogens is 398 g/mol. The van der Waals surface area contributed by atoms with E-state index in [2.05, 4.69) is 35.0 Å². The van der Waals surface area contributed by atoms with Crippen LogP contribution in [-0.4, -0.2) is 43.4 Å². The van der Waals surface area contributed by atoms with Gasteiger partial charge in [0.15, 0.2) is 0 Å². The van der Waals surface area contributed by atoms with Crippen LogP contribution in [0.5, 0.6) is 0 Å². The van der Waals surface area contributed by atoms with Crippen LogP contribution in [0.15, 0.2) is 35.2 Å². The number of amides is 1. The summed E-state index contributed by atoms with van der Waals surface area (Å²) in [5.74, 6) is -0.592. The van der Waals surface area contributed by atoms with Crippen LogP contribution in [0.3, 0.4) is 0 Å². The van der Waals surface area contributed by atoms with Crippen molar-refractivity contribution >= 4 is 15.9 Å². The third kappa shape index (κ3) is 5.73. The first kappa shape index (κ1) is 24.2. The number of aryl methyl sites for hydroxylation is 2. The molecule has 7 heteroatoms. The predicted octanol–water partition coefficient (Wildman–Crippen LogP) is 4.22. The van der Waals surface area contributed by atoms with Crippen LogP contribution in [0.4, 0.5) is 0 Å². The van der Waals surface area contributed by atoms with Crippen LogP contribution < -0.4 is 4.72 Å². The van der Waals surface area contributed by atoms with Gasteiger partial charge < -0.3 is 9.47 Å². The van der Waals surface area contributed by atoms with Crippen molar-refractivity contribution < 1.29 is 13.2 Å². The van der Waals surface area contributed by atoms with E-state index in [1.807, 2.05) is 20.8 Å². The lowest BCUT2D eigenvalue weighted by Crippen LogP contribution is -2.31. The molecule has 2 rings (SSSR count). The lowest BCUT2D eigenvalue weighted by Gasteiger charge is -2.22. The van der Waals surface area contributed by atoms with Crippen molar-refractivity contribution in [2.45, 2.75) is 65.3 Å². The number of hydrogen-bond donors (Lipinski definition) is 1. The molecule has 0 bridgehead atoms. The van der Waals surface area contributed by atoms with E-state index in [-0.39, 0.29) is 10.9 Å². The van der Waals surface area contributed by atoms with Crippen molar-refractivity contribution in [3.8, 4) is 0 Å². The third-order valence-electron chi connectivity index (χ3n) is 5.72. The minimum Gasteiger partial charge on any atom is -0.346 e. The van der Waals surface area contributed by atoms with Crippen molar-refractivity contribution in [3.63, 3.8) is 0 Å². The molecule has 166 valence electrons. The van der Waals surface area contributed by atoms with E-state index in [1.54, 1.807) is 18.2 Å². The maximum atomic E-state index is 12.8. The molecule has 0 aliphatic carbocycles. The molecule has 30 heavy (non-hydrogen) atoms. The van der Waals surface area contributed by atoms with E-state index in [0.717, 1.165) is 49.4 Å². The Hall–Kier alpha value is -2.12. The summed E-state index contributed by atoms with van der Waals surface area (Å²) in [7, 11) is -3.91. The number of carbonyl (C=O) groups excluding carboxylic acids is 1. The number of rotatable bonds is 10. The topological polar surface area (TPSA) is 71.4 Å². The number of sulfonamides is 1. The molecular formula is C23H35N3O3S. The molecule has 0 aliphatic heterocycles. The van der Waals surface area contributed by atoms with E-state index in [4.69, 9.17) is 0 Å². The van der Waals surface area contributed by atoms with Gasteiger partial charge in [-0.25, -0.2) is 13.1 Å². The van der Waals surface area contributed by atoms with Gasteiger partial charge in [-0.15, -0.1) is 0 Å². The molecule has 0 unspecified atom stereocenters. The van der Waals surface area contributed by atoms with Crippen LogP contribution in [0.2, 0.25) is 0 Å². The molecule has 1 aromatic heterocycles. The molecule has 0 radical (unpaired) electrons. The Morgan fingerprint density at radius 3 is 2.27 bits per heavy atom. The molecule has 1 atom stereocenters. The van der Waals surface area contributed by atoms with E-state index in [9.17, 15) is 13.2 Å². The SMILES string of the molecule is CCN(CC)CCC[C@H](C)n1c(C)cc(C(=O)NS(=O)(=O)c2ccc(C)cc2)c1C. The number of carbonyl (C=O) groups is 1. The van der Waals surface area contributed by atoms with Crippen LogP contribution in [0.1, 0.15) is 67.0 Å². The Balaban J connectivity index is 2.13. The van der Waals surface area contributed by atoms with Gasteiger partial charge in [-0.2, -0.15) is 0 Å². The highest BCUT2D eigenvalue weighted by Gasteiger charge is 2.23. The van der Waals surface area contributed by atoms with Crippen LogP contribution >= 0.6 is 0 Å². The summed E-state index contributed by atoms with van der Waals surface area (Å²) < 4.78 is 29.5. The number of nitrogens with zero attached hydrogens (tertiary/aromatic N) is 2. The molecule has 1 amide bonds.